The van der Waals surface area contributed by atoms with Crippen LogP contribution in [0.1, 0.15) is 23.4 Å². The van der Waals surface area contributed by atoms with E-state index in [4.69, 9.17) is 0 Å². The summed E-state index contributed by atoms with van der Waals surface area (Å²) >= 11 is 0. The lowest BCUT2D eigenvalue weighted by Crippen LogP contribution is -2.37. The fourth-order valence-corrected chi connectivity index (χ4v) is 3.73. The number of rotatable bonds is 5. The molecule has 0 saturated heterocycles. The van der Waals surface area contributed by atoms with Crippen molar-refractivity contribution < 1.29 is 0 Å². The first-order chi connectivity index (χ1) is 13.9. The molecule has 0 bridgehead atoms. The third-order valence-corrected chi connectivity index (χ3v) is 5.22. The van der Waals surface area contributed by atoms with E-state index in [1.54, 1.807) is 11.7 Å². The molecule has 29 heavy (non-hydrogen) atoms. The molecular weight excluding hydrogens is 368 g/mol. The van der Waals surface area contributed by atoms with Crippen LogP contribution in [0, 0.1) is 13.8 Å². The van der Waals surface area contributed by atoms with Crippen molar-refractivity contribution in [1.82, 2.24) is 28.5 Å². The van der Waals surface area contributed by atoms with Crippen molar-refractivity contribution in [2.24, 2.45) is 14.1 Å². The van der Waals surface area contributed by atoms with E-state index in [-0.39, 0.29) is 5.56 Å². The zero-order valence-electron chi connectivity index (χ0n) is 17.1. The summed E-state index contributed by atoms with van der Waals surface area (Å²) in [5, 5.41) is 4.54. The van der Waals surface area contributed by atoms with Gasteiger partial charge in [-0.05, 0) is 38.3 Å². The van der Waals surface area contributed by atoms with Gasteiger partial charge in [-0.2, -0.15) is 10.1 Å². The summed E-state index contributed by atoms with van der Waals surface area (Å²) in [6, 6.07) is 12.2. The van der Waals surface area contributed by atoms with Gasteiger partial charge in [0.25, 0.3) is 5.56 Å². The molecule has 3 heterocycles. The highest BCUT2D eigenvalue weighted by molar-refractivity contribution is 5.72. The molecule has 0 fully saturated rings. The van der Waals surface area contributed by atoms with E-state index in [9.17, 15) is 9.59 Å². The maximum Gasteiger partial charge on any atom is 0.332 e. The van der Waals surface area contributed by atoms with Gasteiger partial charge >= 0.3 is 5.69 Å². The number of aromatic nitrogens is 6. The molecule has 8 nitrogen and oxygen atoms in total. The van der Waals surface area contributed by atoms with Crippen LogP contribution in [0.15, 0.2) is 46.0 Å². The van der Waals surface area contributed by atoms with Gasteiger partial charge in [0.15, 0.2) is 11.2 Å². The maximum atomic E-state index is 12.9. The fraction of sp³-hybridized carbons (Fsp3) is 0.333. The maximum absolute atomic E-state index is 12.9. The predicted octanol–water partition coefficient (Wildman–Crippen LogP) is 1.87. The number of imidazole rings is 1. The van der Waals surface area contributed by atoms with E-state index in [1.165, 1.54) is 17.2 Å². The van der Waals surface area contributed by atoms with Crippen molar-refractivity contribution in [2.75, 3.05) is 0 Å². The van der Waals surface area contributed by atoms with Crippen LogP contribution in [0.5, 0.6) is 0 Å². The minimum Gasteiger partial charge on any atom is -0.302 e. The Bertz CT molecular complexity index is 1310. The summed E-state index contributed by atoms with van der Waals surface area (Å²) in [5.41, 5.74) is 3.09. The van der Waals surface area contributed by atoms with Crippen LogP contribution < -0.4 is 11.2 Å². The molecule has 0 aliphatic heterocycles. The Hall–Kier alpha value is -3.42. The Morgan fingerprint density at radius 1 is 1.00 bits per heavy atom. The van der Waals surface area contributed by atoms with Crippen LogP contribution in [0.2, 0.25) is 0 Å². The Labute approximate surface area is 167 Å². The molecule has 0 spiro atoms. The van der Waals surface area contributed by atoms with Gasteiger partial charge in [0.1, 0.15) is 0 Å². The smallest absolute Gasteiger partial charge is 0.302 e. The minimum atomic E-state index is -0.392. The first kappa shape index (κ1) is 18.9. The average Bonchev–Trinajstić information content (AvgIpc) is 3.25. The second-order valence-electron chi connectivity index (χ2n) is 7.37. The zero-order valence-corrected chi connectivity index (χ0v) is 17.1. The van der Waals surface area contributed by atoms with Gasteiger partial charge < -0.3 is 4.57 Å². The summed E-state index contributed by atoms with van der Waals surface area (Å²) in [6.45, 7) is 4.46. The van der Waals surface area contributed by atoms with Crippen molar-refractivity contribution in [3.05, 3.63) is 74.2 Å². The Morgan fingerprint density at radius 2 is 1.72 bits per heavy atom. The van der Waals surface area contributed by atoms with E-state index in [1.807, 2.05) is 42.7 Å². The van der Waals surface area contributed by atoms with Gasteiger partial charge in [-0.3, -0.25) is 13.9 Å². The topological polar surface area (TPSA) is 79.6 Å². The van der Waals surface area contributed by atoms with Crippen LogP contribution >= 0.6 is 0 Å². The predicted molar refractivity (Wildman–Crippen MR) is 112 cm³/mol. The molecular formula is C21H24N6O2. The quantitative estimate of drug-likeness (QED) is 0.519. The van der Waals surface area contributed by atoms with Crippen molar-refractivity contribution in [3.63, 3.8) is 0 Å². The molecule has 3 aromatic heterocycles. The van der Waals surface area contributed by atoms with Gasteiger partial charge in [-0.15, -0.1) is 0 Å². The van der Waals surface area contributed by atoms with E-state index in [0.717, 1.165) is 28.8 Å². The van der Waals surface area contributed by atoms with Crippen molar-refractivity contribution in [1.29, 1.82) is 0 Å². The van der Waals surface area contributed by atoms with Gasteiger partial charge in [0.2, 0.25) is 5.95 Å². The van der Waals surface area contributed by atoms with Crippen LogP contribution in [0.25, 0.3) is 17.1 Å². The van der Waals surface area contributed by atoms with Crippen molar-refractivity contribution in [3.8, 4) is 5.95 Å². The molecule has 1 aromatic carbocycles. The molecule has 0 unspecified atom stereocenters. The first-order valence-electron chi connectivity index (χ1n) is 9.62. The summed E-state index contributed by atoms with van der Waals surface area (Å²) < 4.78 is 6.17. The van der Waals surface area contributed by atoms with Gasteiger partial charge in [-0.1, -0.05) is 30.3 Å². The average molecular weight is 392 g/mol. The molecule has 0 radical (unpaired) electrons. The highest BCUT2D eigenvalue weighted by Gasteiger charge is 2.21. The number of hydrogen-bond donors (Lipinski definition) is 0. The van der Waals surface area contributed by atoms with Crippen LogP contribution in [0.4, 0.5) is 0 Å². The molecule has 0 aliphatic carbocycles. The molecule has 0 atom stereocenters. The summed E-state index contributed by atoms with van der Waals surface area (Å²) in [4.78, 5) is 30.0. The van der Waals surface area contributed by atoms with Crippen LogP contribution in [-0.2, 0) is 27.1 Å². The lowest BCUT2D eigenvalue weighted by atomic mass is 10.1. The Balaban J connectivity index is 1.87. The minimum absolute atomic E-state index is 0.344. The zero-order chi connectivity index (χ0) is 20.7. The van der Waals surface area contributed by atoms with Gasteiger partial charge in [0.05, 0.1) is 5.69 Å². The van der Waals surface area contributed by atoms with E-state index >= 15 is 0 Å². The van der Waals surface area contributed by atoms with E-state index in [2.05, 4.69) is 22.2 Å². The summed E-state index contributed by atoms with van der Waals surface area (Å²) in [5.74, 6) is 0.553. The Morgan fingerprint density at radius 3 is 2.38 bits per heavy atom. The second-order valence-corrected chi connectivity index (χ2v) is 7.37. The summed E-state index contributed by atoms with van der Waals surface area (Å²) in [7, 11) is 3.13. The third-order valence-electron chi connectivity index (χ3n) is 5.22. The van der Waals surface area contributed by atoms with Crippen molar-refractivity contribution >= 4 is 11.2 Å². The third kappa shape index (κ3) is 3.20. The SMILES string of the molecule is Cc1cc(C)n(-c2nc3c(c(=O)n(C)c(=O)n3C)n2CCCc2ccccc2)n1. The van der Waals surface area contributed by atoms with Crippen LogP contribution in [-0.4, -0.2) is 28.5 Å². The molecule has 0 amide bonds. The molecule has 0 N–H and O–H groups in total. The lowest BCUT2D eigenvalue weighted by molar-refractivity contribution is 0.615. The molecule has 150 valence electrons. The number of hydrogen-bond acceptors (Lipinski definition) is 4. The fourth-order valence-electron chi connectivity index (χ4n) is 3.73. The normalized spacial score (nSPS) is 11.4. The largest absolute Gasteiger partial charge is 0.332 e. The summed E-state index contributed by atoms with van der Waals surface area (Å²) in [6.07, 6.45) is 1.71. The molecule has 0 aliphatic rings. The standard InChI is InChI=1S/C21H24N6O2/c1-14-13-15(2)27(23-14)20-22-18-17(19(28)25(4)21(29)24(18)3)26(20)12-8-11-16-9-6-5-7-10-16/h5-7,9-10,13H,8,11-12H2,1-4H3. The molecule has 4 aromatic rings. The number of benzene rings is 1. The lowest BCUT2D eigenvalue weighted by Gasteiger charge is -2.10. The first-order valence-corrected chi connectivity index (χ1v) is 9.62. The Kier molecular flexibility index (Phi) is 4.70. The number of fused-ring (bicyclic) bond motifs is 1. The van der Waals surface area contributed by atoms with Crippen LogP contribution in [0.3, 0.4) is 0 Å². The van der Waals surface area contributed by atoms with Gasteiger partial charge in [0, 0.05) is 26.3 Å². The molecule has 8 heteroatoms. The second kappa shape index (κ2) is 7.20. The van der Waals surface area contributed by atoms with E-state index < -0.39 is 5.69 Å². The number of nitrogens with zero attached hydrogens (tertiary/aromatic N) is 6. The molecule has 4 rings (SSSR count). The van der Waals surface area contributed by atoms with E-state index in [0.29, 0.717) is 23.7 Å². The van der Waals surface area contributed by atoms with Crippen molar-refractivity contribution in [2.45, 2.75) is 33.2 Å². The highest BCUT2D eigenvalue weighted by atomic mass is 16.2. The highest BCUT2D eigenvalue weighted by Crippen LogP contribution is 2.18. The monoisotopic (exact) mass is 392 g/mol. The molecule has 0 saturated carbocycles. The number of aryl methyl sites for hydroxylation is 5. The van der Waals surface area contributed by atoms with Gasteiger partial charge in [-0.25, -0.2) is 9.48 Å².